The van der Waals surface area contributed by atoms with Gasteiger partial charge < -0.3 is 19.9 Å². The van der Waals surface area contributed by atoms with E-state index in [-0.39, 0.29) is 24.1 Å². The van der Waals surface area contributed by atoms with Crippen molar-refractivity contribution in [3.05, 3.63) is 58.0 Å². The van der Waals surface area contributed by atoms with Crippen LogP contribution in [0.15, 0.2) is 51.6 Å². The number of hydrogen-bond donors (Lipinski definition) is 1. The number of benzene rings is 1. The van der Waals surface area contributed by atoms with E-state index in [1.165, 1.54) is 23.9 Å². The Hall–Kier alpha value is -2.65. The summed E-state index contributed by atoms with van der Waals surface area (Å²) in [7, 11) is 1.58. The molecule has 7 nitrogen and oxygen atoms in total. The van der Waals surface area contributed by atoms with Crippen LogP contribution >= 0.6 is 11.8 Å². The Balaban J connectivity index is 1.99. The third-order valence-corrected chi connectivity index (χ3v) is 6.33. The van der Waals surface area contributed by atoms with Gasteiger partial charge >= 0.3 is 0 Å². The highest BCUT2D eigenvalue weighted by Gasteiger charge is 2.41. The van der Waals surface area contributed by atoms with Crippen molar-refractivity contribution >= 4 is 28.7 Å². The number of hydrogen-bond acceptors (Lipinski definition) is 6. The second-order valence-electron chi connectivity index (χ2n) is 7.44. The van der Waals surface area contributed by atoms with Gasteiger partial charge in [0.05, 0.1) is 30.3 Å². The first-order valence-corrected chi connectivity index (χ1v) is 11.5. The first-order valence-electron chi connectivity index (χ1n) is 10.7. The molecule has 2 aliphatic rings. The molecular weight excluding hydrogens is 431 g/mol. The van der Waals surface area contributed by atoms with E-state index in [0.29, 0.717) is 42.7 Å². The summed E-state index contributed by atoms with van der Waals surface area (Å²) in [6, 6.07) is 5.65. The molecule has 9 heteroatoms. The summed E-state index contributed by atoms with van der Waals surface area (Å²) in [6.07, 6.45) is 0.138. The lowest BCUT2D eigenvalue weighted by atomic mass is 9.92. The van der Waals surface area contributed by atoms with Crippen molar-refractivity contribution in [2.45, 2.75) is 33.2 Å². The van der Waals surface area contributed by atoms with Crippen molar-refractivity contribution in [2.24, 2.45) is 4.99 Å². The maximum atomic E-state index is 13.7. The van der Waals surface area contributed by atoms with Crippen LogP contribution in [0.2, 0.25) is 0 Å². The average molecular weight is 461 g/mol. The maximum absolute atomic E-state index is 13.7. The molecule has 0 radical (unpaired) electrons. The van der Waals surface area contributed by atoms with E-state index in [1.54, 1.807) is 24.1 Å². The largest absolute Gasteiger partial charge is 0.383 e. The van der Waals surface area contributed by atoms with E-state index in [0.717, 1.165) is 11.3 Å². The highest BCUT2D eigenvalue weighted by molar-refractivity contribution is 8.16. The molecule has 0 aromatic heterocycles. The van der Waals surface area contributed by atoms with E-state index in [2.05, 4.69) is 10.3 Å². The highest BCUT2D eigenvalue weighted by atomic mass is 32.2. The monoisotopic (exact) mass is 460 g/mol. The molecular formula is C23H29FN4O3S. The summed E-state index contributed by atoms with van der Waals surface area (Å²) in [5, 5.41) is 5.42. The van der Waals surface area contributed by atoms with Crippen LogP contribution in [-0.2, 0) is 14.3 Å². The molecule has 2 aliphatic heterocycles. The number of rotatable bonds is 9. The molecule has 172 valence electrons. The number of thioether (sulfide) groups is 1. The normalized spacial score (nSPS) is 17.7. The minimum absolute atomic E-state index is 0.106. The van der Waals surface area contributed by atoms with Crippen molar-refractivity contribution in [1.82, 2.24) is 15.1 Å². The van der Waals surface area contributed by atoms with E-state index < -0.39 is 6.04 Å². The van der Waals surface area contributed by atoms with Gasteiger partial charge in [0.15, 0.2) is 5.17 Å². The molecule has 0 saturated heterocycles. The van der Waals surface area contributed by atoms with Gasteiger partial charge in [-0.15, -0.1) is 0 Å². The third kappa shape index (κ3) is 5.05. The second-order valence-corrected chi connectivity index (χ2v) is 8.28. The number of halogens is 1. The van der Waals surface area contributed by atoms with E-state index in [4.69, 9.17) is 4.74 Å². The molecule has 3 rings (SSSR count). The molecule has 0 saturated carbocycles. The SMILES string of the molecule is CCN(CC)C(=O)C1=C(C)N=C2SC=C(CC(=O)NCCOC)N2C1c1ccc(F)cc1. The Kier molecular flexibility index (Phi) is 8.09. The molecule has 32 heavy (non-hydrogen) atoms. The number of nitrogens with zero attached hydrogens (tertiary/aromatic N) is 3. The topological polar surface area (TPSA) is 74.2 Å². The predicted molar refractivity (Wildman–Crippen MR) is 124 cm³/mol. The predicted octanol–water partition coefficient (Wildman–Crippen LogP) is 3.42. The molecule has 0 bridgehead atoms. The number of carbonyl (C=O) groups is 2. The standard InChI is InChI=1S/C23H29FN4O3S/c1-5-27(6-2)22(30)20-15(3)26-23-28(21(20)16-7-9-17(24)10-8-16)18(14-32-23)13-19(29)25-11-12-31-4/h7-10,14,21H,5-6,11-13H2,1-4H3,(H,25,29). The Labute approximate surface area is 192 Å². The summed E-state index contributed by atoms with van der Waals surface area (Å²) >= 11 is 1.42. The van der Waals surface area contributed by atoms with Gasteiger partial charge in [-0.2, -0.15) is 0 Å². The van der Waals surface area contributed by atoms with Gasteiger partial charge in [0.25, 0.3) is 5.91 Å². The van der Waals surface area contributed by atoms with Crippen LogP contribution in [0, 0.1) is 5.82 Å². The van der Waals surface area contributed by atoms with Crippen molar-refractivity contribution in [1.29, 1.82) is 0 Å². The quantitative estimate of drug-likeness (QED) is 0.572. The first kappa shape index (κ1) is 24.0. The second kappa shape index (κ2) is 10.8. The van der Waals surface area contributed by atoms with Crippen LogP contribution in [0.25, 0.3) is 0 Å². The van der Waals surface area contributed by atoms with Gasteiger partial charge in [-0.3, -0.25) is 9.59 Å². The van der Waals surface area contributed by atoms with Gasteiger partial charge in [-0.05, 0) is 43.9 Å². The molecule has 2 amide bonds. The molecule has 1 atom stereocenters. The number of aliphatic imine (C=N–C) groups is 1. The maximum Gasteiger partial charge on any atom is 0.254 e. The molecule has 1 unspecified atom stereocenters. The molecule has 1 aromatic carbocycles. The Morgan fingerprint density at radius 3 is 2.56 bits per heavy atom. The van der Waals surface area contributed by atoms with Crippen molar-refractivity contribution in [2.75, 3.05) is 33.4 Å². The fourth-order valence-electron chi connectivity index (χ4n) is 3.80. The minimum atomic E-state index is -0.496. The molecule has 0 spiro atoms. The van der Waals surface area contributed by atoms with Crippen molar-refractivity contribution < 1.29 is 18.7 Å². The van der Waals surface area contributed by atoms with E-state index >= 15 is 0 Å². The van der Waals surface area contributed by atoms with Crippen LogP contribution in [0.1, 0.15) is 38.8 Å². The summed E-state index contributed by atoms with van der Waals surface area (Å²) in [5.74, 6) is -0.596. The minimum Gasteiger partial charge on any atom is -0.383 e. The fourth-order valence-corrected chi connectivity index (χ4v) is 4.77. The zero-order valence-corrected chi connectivity index (χ0v) is 19.7. The van der Waals surface area contributed by atoms with Crippen LogP contribution in [-0.4, -0.2) is 60.1 Å². The highest BCUT2D eigenvalue weighted by Crippen LogP contribution is 2.45. The third-order valence-electron chi connectivity index (χ3n) is 5.44. The molecule has 1 aromatic rings. The van der Waals surface area contributed by atoms with Crippen LogP contribution in [0.5, 0.6) is 0 Å². The number of amidine groups is 1. The van der Waals surface area contributed by atoms with Gasteiger partial charge in [0.2, 0.25) is 5.91 Å². The van der Waals surface area contributed by atoms with Gasteiger partial charge in [-0.25, -0.2) is 9.38 Å². The van der Waals surface area contributed by atoms with Gasteiger partial charge in [-0.1, -0.05) is 23.9 Å². The molecule has 1 N–H and O–H groups in total. The fraction of sp³-hybridized carbons (Fsp3) is 0.435. The Morgan fingerprint density at radius 2 is 1.94 bits per heavy atom. The summed E-state index contributed by atoms with van der Waals surface area (Å²) < 4.78 is 18.7. The summed E-state index contributed by atoms with van der Waals surface area (Å²) in [4.78, 5) is 34.4. The number of methoxy groups -OCH3 is 1. The number of fused-ring (bicyclic) bond motifs is 1. The smallest absolute Gasteiger partial charge is 0.254 e. The van der Waals surface area contributed by atoms with Crippen LogP contribution in [0.3, 0.4) is 0 Å². The molecule has 0 fully saturated rings. The lowest BCUT2D eigenvalue weighted by Gasteiger charge is -2.38. The van der Waals surface area contributed by atoms with Crippen LogP contribution < -0.4 is 5.32 Å². The summed E-state index contributed by atoms with van der Waals surface area (Å²) in [6.45, 7) is 7.68. The lowest BCUT2D eigenvalue weighted by molar-refractivity contribution is -0.127. The number of allylic oxidation sites excluding steroid dienone is 1. The van der Waals surface area contributed by atoms with Crippen LogP contribution in [0.4, 0.5) is 4.39 Å². The van der Waals surface area contributed by atoms with Gasteiger partial charge in [0.1, 0.15) is 5.82 Å². The van der Waals surface area contributed by atoms with E-state index in [9.17, 15) is 14.0 Å². The number of likely N-dealkylation sites (N-methyl/N-ethyl adjacent to an activating group) is 1. The lowest BCUT2D eigenvalue weighted by Crippen LogP contribution is -2.42. The Morgan fingerprint density at radius 1 is 1.25 bits per heavy atom. The number of nitrogens with one attached hydrogen (secondary N) is 1. The average Bonchev–Trinajstić information content (AvgIpc) is 3.16. The van der Waals surface area contributed by atoms with Crippen molar-refractivity contribution in [3.8, 4) is 0 Å². The first-order chi connectivity index (χ1) is 15.4. The number of amides is 2. The van der Waals surface area contributed by atoms with Crippen molar-refractivity contribution in [3.63, 3.8) is 0 Å². The number of ether oxygens (including phenoxy) is 1. The van der Waals surface area contributed by atoms with Gasteiger partial charge in [0, 0.05) is 32.4 Å². The zero-order chi connectivity index (χ0) is 23.3. The molecule has 0 aliphatic carbocycles. The Bertz CT molecular complexity index is 954. The number of carbonyl (C=O) groups excluding carboxylic acids is 2. The molecule has 2 heterocycles. The van der Waals surface area contributed by atoms with E-state index in [1.807, 2.05) is 31.1 Å². The summed E-state index contributed by atoms with van der Waals surface area (Å²) in [5.41, 5.74) is 2.68. The zero-order valence-electron chi connectivity index (χ0n) is 18.9.